The monoisotopic (exact) mass is 388 g/mol. The molecule has 1 aliphatic rings. The molecule has 0 aliphatic carbocycles. The predicted octanol–water partition coefficient (Wildman–Crippen LogP) is 3.95. The number of alkyl halides is 3. The number of fused-ring (bicyclic) bond motifs is 1. The van der Waals surface area contributed by atoms with Crippen molar-refractivity contribution in [2.45, 2.75) is 26.4 Å². The van der Waals surface area contributed by atoms with Crippen LogP contribution in [0.5, 0.6) is 0 Å². The van der Waals surface area contributed by atoms with Crippen molar-refractivity contribution in [3.8, 4) is 5.69 Å². The fourth-order valence-electron chi connectivity index (χ4n) is 3.70. The summed E-state index contributed by atoms with van der Waals surface area (Å²) < 4.78 is 41.3. The van der Waals surface area contributed by atoms with E-state index in [1.165, 1.54) is 10.6 Å². The van der Waals surface area contributed by atoms with Crippen LogP contribution in [0.15, 0.2) is 41.3 Å². The lowest BCUT2D eigenvalue weighted by Gasteiger charge is -2.21. The molecule has 5 nitrogen and oxygen atoms in total. The summed E-state index contributed by atoms with van der Waals surface area (Å²) in [6.45, 7) is 5.25. The second-order valence-corrected chi connectivity index (χ2v) is 7.23. The Kier molecular flexibility index (Phi) is 4.36. The van der Waals surface area contributed by atoms with Crippen LogP contribution in [0.25, 0.3) is 16.6 Å². The molecule has 4 rings (SSSR count). The molecule has 0 bridgehead atoms. The number of aromatic nitrogens is 3. The smallest absolute Gasteiger partial charge is 0.356 e. The molecule has 0 N–H and O–H groups in total. The summed E-state index contributed by atoms with van der Waals surface area (Å²) in [6.07, 6.45) is -1.99. The highest BCUT2D eigenvalue weighted by atomic mass is 19.4. The molecular formula is C20H19F3N4O. The van der Waals surface area contributed by atoms with Crippen LogP contribution >= 0.6 is 0 Å². The Bertz CT molecular complexity index is 1110. The first-order chi connectivity index (χ1) is 13.3. The summed E-state index contributed by atoms with van der Waals surface area (Å²) in [5.74, 6) is 0.880. The highest BCUT2D eigenvalue weighted by Gasteiger charge is 2.32. The van der Waals surface area contributed by atoms with Gasteiger partial charge in [-0.25, -0.2) is 4.79 Å². The number of aryl methyl sites for hydroxylation is 1. The SMILES string of the molecule is Cc1ncccc1-n1c(=O)nc(N2CC[C@@H](C)C2)c2ccc(C(F)(F)F)cc21. The van der Waals surface area contributed by atoms with Crippen LogP contribution in [-0.4, -0.2) is 27.6 Å². The molecule has 0 amide bonds. The van der Waals surface area contributed by atoms with Crippen LogP contribution in [-0.2, 0) is 6.18 Å². The van der Waals surface area contributed by atoms with Gasteiger partial charge in [0.15, 0.2) is 0 Å². The van der Waals surface area contributed by atoms with Crippen molar-refractivity contribution >= 4 is 16.7 Å². The van der Waals surface area contributed by atoms with Crippen molar-refractivity contribution < 1.29 is 13.2 Å². The van der Waals surface area contributed by atoms with E-state index in [9.17, 15) is 18.0 Å². The zero-order valence-electron chi connectivity index (χ0n) is 15.5. The van der Waals surface area contributed by atoms with Gasteiger partial charge in [0.25, 0.3) is 0 Å². The molecule has 0 saturated carbocycles. The largest absolute Gasteiger partial charge is 0.416 e. The van der Waals surface area contributed by atoms with Crippen molar-refractivity contribution in [2.75, 3.05) is 18.0 Å². The van der Waals surface area contributed by atoms with E-state index >= 15 is 0 Å². The molecule has 1 fully saturated rings. The van der Waals surface area contributed by atoms with E-state index in [1.54, 1.807) is 25.3 Å². The Hall–Kier alpha value is -2.90. The van der Waals surface area contributed by atoms with Crippen LogP contribution < -0.4 is 10.6 Å². The third kappa shape index (κ3) is 3.12. The first-order valence-electron chi connectivity index (χ1n) is 9.06. The molecule has 0 spiro atoms. The molecule has 0 radical (unpaired) electrons. The number of hydrogen-bond donors (Lipinski definition) is 0. The second kappa shape index (κ2) is 6.61. The molecule has 1 saturated heterocycles. The maximum Gasteiger partial charge on any atom is 0.416 e. The average Bonchev–Trinajstić information content (AvgIpc) is 3.07. The molecule has 1 aromatic carbocycles. The quantitative estimate of drug-likeness (QED) is 0.667. The molecule has 8 heteroatoms. The third-order valence-electron chi connectivity index (χ3n) is 5.14. The molecule has 0 unspecified atom stereocenters. The summed E-state index contributed by atoms with van der Waals surface area (Å²) in [5.41, 5.74) is -0.280. The molecule has 2 aromatic heterocycles. The van der Waals surface area contributed by atoms with Crippen molar-refractivity contribution in [3.63, 3.8) is 0 Å². The van der Waals surface area contributed by atoms with Gasteiger partial charge in [0.1, 0.15) is 5.82 Å². The van der Waals surface area contributed by atoms with Gasteiger partial charge in [0.2, 0.25) is 0 Å². The molecule has 1 aliphatic heterocycles. The van der Waals surface area contributed by atoms with E-state index < -0.39 is 17.4 Å². The lowest BCUT2D eigenvalue weighted by Crippen LogP contribution is -2.29. The minimum atomic E-state index is -4.51. The summed E-state index contributed by atoms with van der Waals surface area (Å²) in [6, 6.07) is 6.77. The Morgan fingerprint density at radius 3 is 2.64 bits per heavy atom. The van der Waals surface area contributed by atoms with E-state index in [2.05, 4.69) is 16.9 Å². The number of nitrogens with zero attached hydrogens (tertiary/aromatic N) is 4. The van der Waals surface area contributed by atoms with Gasteiger partial charge in [0, 0.05) is 24.7 Å². The first-order valence-corrected chi connectivity index (χ1v) is 9.06. The molecule has 146 valence electrons. The second-order valence-electron chi connectivity index (χ2n) is 7.23. The van der Waals surface area contributed by atoms with E-state index in [0.29, 0.717) is 28.5 Å². The summed E-state index contributed by atoms with van der Waals surface area (Å²) in [5, 5.41) is 0.518. The molecule has 3 aromatic rings. The van der Waals surface area contributed by atoms with Crippen molar-refractivity contribution in [1.29, 1.82) is 0 Å². The van der Waals surface area contributed by atoms with Gasteiger partial charge in [0.05, 0.1) is 22.5 Å². The number of hydrogen-bond acceptors (Lipinski definition) is 4. The summed E-state index contributed by atoms with van der Waals surface area (Å²) >= 11 is 0. The Labute approximate surface area is 159 Å². The predicted molar refractivity (Wildman–Crippen MR) is 101 cm³/mol. The topological polar surface area (TPSA) is 51.0 Å². The van der Waals surface area contributed by atoms with Crippen LogP contribution in [0.2, 0.25) is 0 Å². The van der Waals surface area contributed by atoms with Crippen LogP contribution in [0.1, 0.15) is 24.6 Å². The number of rotatable bonds is 2. The average molecular weight is 388 g/mol. The zero-order chi connectivity index (χ0) is 20.1. The van der Waals surface area contributed by atoms with Gasteiger partial charge in [-0.1, -0.05) is 6.92 Å². The fraction of sp³-hybridized carbons (Fsp3) is 0.350. The summed E-state index contributed by atoms with van der Waals surface area (Å²) in [7, 11) is 0. The third-order valence-corrected chi connectivity index (χ3v) is 5.14. The molecular weight excluding hydrogens is 369 g/mol. The highest BCUT2D eigenvalue weighted by Crippen LogP contribution is 2.35. The first kappa shape index (κ1) is 18.5. The standard InChI is InChI=1S/C20H19F3N4O/c1-12-7-9-26(11-12)18-15-6-5-14(20(21,22)23)10-17(15)27(19(28)25-18)16-4-3-8-24-13(16)2/h3-6,8,10,12H,7,9,11H2,1-2H3/t12-/m1/s1. The van der Waals surface area contributed by atoms with Crippen molar-refractivity contribution in [1.82, 2.24) is 14.5 Å². The Morgan fingerprint density at radius 2 is 2.00 bits per heavy atom. The summed E-state index contributed by atoms with van der Waals surface area (Å²) in [4.78, 5) is 23.3. The highest BCUT2D eigenvalue weighted by molar-refractivity contribution is 5.91. The van der Waals surface area contributed by atoms with Crippen molar-refractivity contribution in [2.24, 2.45) is 5.92 Å². The Morgan fingerprint density at radius 1 is 1.21 bits per heavy atom. The van der Waals surface area contributed by atoms with Gasteiger partial charge in [-0.3, -0.25) is 9.55 Å². The fourth-order valence-corrected chi connectivity index (χ4v) is 3.70. The number of halogens is 3. The van der Waals surface area contributed by atoms with Crippen LogP contribution in [0.3, 0.4) is 0 Å². The minimum absolute atomic E-state index is 0.181. The van der Waals surface area contributed by atoms with Gasteiger partial charge < -0.3 is 4.90 Å². The lowest BCUT2D eigenvalue weighted by molar-refractivity contribution is -0.137. The minimum Gasteiger partial charge on any atom is -0.356 e. The normalized spacial score (nSPS) is 17.5. The van der Waals surface area contributed by atoms with Gasteiger partial charge in [-0.05, 0) is 49.6 Å². The Balaban J connectivity index is 2.05. The van der Waals surface area contributed by atoms with E-state index in [0.717, 1.165) is 31.6 Å². The molecule has 3 heterocycles. The van der Waals surface area contributed by atoms with E-state index in [1.807, 2.05) is 4.90 Å². The van der Waals surface area contributed by atoms with Gasteiger partial charge >= 0.3 is 11.9 Å². The van der Waals surface area contributed by atoms with E-state index in [4.69, 9.17) is 0 Å². The number of pyridine rings is 1. The lowest BCUT2D eigenvalue weighted by atomic mass is 10.1. The zero-order valence-corrected chi connectivity index (χ0v) is 15.5. The van der Waals surface area contributed by atoms with Gasteiger partial charge in [-0.2, -0.15) is 18.2 Å². The van der Waals surface area contributed by atoms with Crippen LogP contribution in [0, 0.1) is 12.8 Å². The molecule has 1 atom stereocenters. The maximum absolute atomic E-state index is 13.4. The van der Waals surface area contributed by atoms with Crippen molar-refractivity contribution in [3.05, 3.63) is 58.3 Å². The van der Waals surface area contributed by atoms with Gasteiger partial charge in [-0.15, -0.1) is 0 Å². The maximum atomic E-state index is 13.4. The number of benzene rings is 1. The van der Waals surface area contributed by atoms with E-state index in [-0.39, 0.29) is 5.52 Å². The van der Waals surface area contributed by atoms with Crippen LogP contribution in [0.4, 0.5) is 19.0 Å². The molecule has 28 heavy (non-hydrogen) atoms. The number of anilines is 1.